The lowest BCUT2D eigenvalue weighted by Gasteiger charge is -2.23. The third kappa shape index (κ3) is 3.49. The molecule has 4 nitrogen and oxygen atoms in total. The Kier molecular flexibility index (Phi) is 4.53. The fourth-order valence-corrected chi connectivity index (χ4v) is 1.16. The van der Waals surface area contributed by atoms with Crippen LogP contribution in [-0.4, -0.2) is 43.7 Å². The molecule has 1 aliphatic heterocycles. The molecule has 72 valence electrons. The number of aliphatic hydroxyl groups excluding tert-OH is 1. The quantitative estimate of drug-likeness (QED) is 0.604. The van der Waals surface area contributed by atoms with Gasteiger partial charge in [0, 0.05) is 13.2 Å². The van der Waals surface area contributed by atoms with Gasteiger partial charge in [-0.05, 0) is 12.8 Å². The van der Waals surface area contributed by atoms with E-state index in [1.807, 2.05) is 0 Å². The predicted octanol–water partition coefficient (Wildman–Crippen LogP) is -0.498. The lowest BCUT2D eigenvalue weighted by atomic mass is 10.1. The molecule has 0 radical (unpaired) electrons. The van der Waals surface area contributed by atoms with E-state index in [1.54, 1.807) is 0 Å². The zero-order chi connectivity index (χ0) is 8.81. The van der Waals surface area contributed by atoms with Crippen LogP contribution in [0.2, 0.25) is 0 Å². The van der Waals surface area contributed by atoms with Gasteiger partial charge in [-0.15, -0.1) is 0 Å². The molecule has 0 bridgehead atoms. The summed E-state index contributed by atoms with van der Waals surface area (Å²) in [5, 5.41) is 8.63. The number of nitrogens with two attached hydrogens (primary N) is 1. The molecule has 1 rings (SSSR count). The SMILES string of the molecule is NC(CO)COC1CCOCC1. The molecule has 1 saturated heterocycles. The maximum absolute atomic E-state index is 8.63. The van der Waals surface area contributed by atoms with Gasteiger partial charge in [-0.3, -0.25) is 0 Å². The molecule has 1 atom stereocenters. The van der Waals surface area contributed by atoms with E-state index in [0.29, 0.717) is 6.61 Å². The largest absolute Gasteiger partial charge is 0.395 e. The lowest BCUT2D eigenvalue weighted by molar-refractivity contribution is -0.0386. The molecule has 0 aliphatic carbocycles. The van der Waals surface area contributed by atoms with Gasteiger partial charge in [-0.2, -0.15) is 0 Å². The first kappa shape index (κ1) is 9.92. The second-order valence-electron chi connectivity index (χ2n) is 3.09. The average molecular weight is 175 g/mol. The molecule has 0 aromatic heterocycles. The molecule has 0 aromatic rings. The van der Waals surface area contributed by atoms with E-state index in [-0.39, 0.29) is 18.8 Å². The van der Waals surface area contributed by atoms with Crippen molar-refractivity contribution in [1.82, 2.24) is 0 Å². The van der Waals surface area contributed by atoms with E-state index in [9.17, 15) is 0 Å². The highest BCUT2D eigenvalue weighted by molar-refractivity contribution is 4.65. The summed E-state index contributed by atoms with van der Waals surface area (Å²) in [5.74, 6) is 0. The first-order chi connectivity index (χ1) is 5.83. The van der Waals surface area contributed by atoms with Crippen LogP contribution in [0.25, 0.3) is 0 Å². The van der Waals surface area contributed by atoms with Gasteiger partial charge >= 0.3 is 0 Å². The van der Waals surface area contributed by atoms with Gasteiger partial charge in [0.2, 0.25) is 0 Å². The Labute approximate surface area is 72.6 Å². The maximum atomic E-state index is 8.63. The van der Waals surface area contributed by atoms with Crippen LogP contribution < -0.4 is 5.73 Å². The molecule has 1 fully saturated rings. The Bertz CT molecular complexity index is 115. The van der Waals surface area contributed by atoms with Crippen LogP contribution in [-0.2, 0) is 9.47 Å². The molecular weight excluding hydrogens is 158 g/mol. The van der Waals surface area contributed by atoms with Gasteiger partial charge in [-0.25, -0.2) is 0 Å². The molecular formula is C8H17NO3. The van der Waals surface area contributed by atoms with Crippen LogP contribution in [0.4, 0.5) is 0 Å². The molecule has 3 N–H and O–H groups in total. The molecule has 0 amide bonds. The van der Waals surface area contributed by atoms with Gasteiger partial charge in [0.15, 0.2) is 0 Å². The normalized spacial score (nSPS) is 22.5. The number of hydrogen-bond acceptors (Lipinski definition) is 4. The van der Waals surface area contributed by atoms with Gasteiger partial charge in [0.05, 0.1) is 25.4 Å². The van der Waals surface area contributed by atoms with Crippen LogP contribution in [0.15, 0.2) is 0 Å². The fraction of sp³-hybridized carbons (Fsp3) is 1.00. The summed E-state index contributed by atoms with van der Waals surface area (Å²) < 4.78 is 10.6. The molecule has 0 spiro atoms. The molecule has 1 aliphatic rings. The highest BCUT2D eigenvalue weighted by atomic mass is 16.5. The first-order valence-electron chi connectivity index (χ1n) is 4.38. The zero-order valence-corrected chi connectivity index (χ0v) is 7.24. The molecule has 4 heteroatoms. The van der Waals surface area contributed by atoms with Crippen molar-refractivity contribution >= 4 is 0 Å². The van der Waals surface area contributed by atoms with Crippen molar-refractivity contribution in [2.75, 3.05) is 26.4 Å². The van der Waals surface area contributed by atoms with Crippen molar-refractivity contribution in [3.63, 3.8) is 0 Å². The average Bonchev–Trinajstić information content (AvgIpc) is 2.16. The smallest absolute Gasteiger partial charge is 0.0643 e. The van der Waals surface area contributed by atoms with E-state index in [4.69, 9.17) is 20.3 Å². The van der Waals surface area contributed by atoms with Gasteiger partial charge < -0.3 is 20.3 Å². The highest BCUT2D eigenvalue weighted by Gasteiger charge is 2.14. The molecule has 1 heterocycles. The van der Waals surface area contributed by atoms with E-state index in [0.717, 1.165) is 26.1 Å². The summed E-state index contributed by atoms with van der Waals surface area (Å²) in [5.41, 5.74) is 5.48. The second-order valence-corrected chi connectivity index (χ2v) is 3.09. The Morgan fingerprint density at radius 1 is 1.50 bits per heavy atom. The summed E-state index contributed by atoms with van der Waals surface area (Å²) in [7, 11) is 0. The zero-order valence-electron chi connectivity index (χ0n) is 7.24. The van der Waals surface area contributed by atoms with E-state index < -0.39 is 0 Å². The van der Waals surface area contributed by atoms with Gasteiger partial charge in [-0.1, -0.05) is 0 Å². The van der Waals surface area contributed by atoms with Crippen LogP contribution >= 0.6 is 0 Å². The minimum Gasteiger partial charge on any atom is -0.395 e. The molecule has 1 unspecified atom stereocenters. The highest BCUT2D eigenvalue weighted by Crippen LogP contribution is 2.10. The number of hydrogen-bond donors (Lipinski definition) is 2. The Morgan fingerprint density at radius 3 is 2.75 bits per heavy atom. The van der Waals surface area contributed by atoms with Crippen molar-refractivity contribution in [2.24, 2.45) is 5.73 Å². The van der Waals surface area contributed by atoms with Crippen molar-refractivity contribution in [1.29, 1.82) is 0 Å². The van der Waals surface area contributed by atoms with Crippen LogP contribution in [0.5, 0.6) is 0 Å². The van der Waals surface area contributed by atoms with E-state index in [2.05, 4.69) is 0 Å². The van der Waals surface area contributed by atoms with Crippen LogP contribution in [0, 0.1) is 0 Å². The monoisotopic (exact) mass is 175 g/mol. The van der Waals surface area contributed by atoms with Crippen LogP contribution in [0.1, 0.15) is 12.8 Å². The minimum atomic E-state index is -0.243. The van der Waals surface area contributed by atoms with E-state index in [1.165, 1.54) is 0 Å². The Hall–Kier alpha value is -0.160. The number of rotatable bonds is 4. The summed E-state index contributed by atoms with van der Waals surface area (Å²) >= 11 is 0. The van der Waals surface area contributed by atoms with E-state index >= 15 is 0 Å². The van der Waals surface area contributed by atoms with Crippen molar-refractivity contribution in [2.45, 2.75) is 25.0 Å². The lowest BCUT2D eigenvalue weighted by Crippen LogP contribution is -2.34. The summed E-state index contributed by atoms with van der Waals surface area (Å²) in [4.78, 5) is 0. The predicted molar refractivity (Wildman–Crippen MR) is 44.9 cm³/mol. The molecule has 12 heavy (non-hydrogen) atoms. The summed E-state index contributed by atoms with van der Waals surface area (Å²) in [6, 6.07) is -0.243. The Morgan fingerprint density at radius 2 is 2.17 bits per heavy atom. The Balaban J connectivity index is 2.05. The van der Waals surface area contributed by atoms with Crippen molar-refractivity contribution < 1.29 is 14.6 Å². The number of aliphatic hydroxyl groups is 1. The summed E-state index contributed by atoms with van der Waals surface area (Å²) in [6.07, 6.45) is 2.16. The number of ether oxygens (including phenoxy) is 2. The van der Waals surface area contributed by atoms with Crippen molar-refractivity contribution in [3.8, 4) is 0 Å². The maximum Gasteiger partial charge on any atom is 0.0643 e. The third-order valence-corrected chi connectivity index (χ3v) is 1.95. The van der Waals surface area contributed by atoms with Crippen LogP contribution in [0.3, 0.4) is 0 Å². The minimum absolute atomic E-state index is 0.0107. The first-order valence-corrected chi connectivity index (χ1v) is 4.38. The third-order valence-electron chi connectivity index (χ3n) is 1.95. The summed E-state index contributed by atoms with van der Waals surface area (Å²) in [6.45, 7) is 1.99. The topological polar surface area (TPSA) is 64.7 Å². The van der Waals surface area contributed by atoms with Gasteiger partial charge in [0.25, 0.3) is 0 Å². The van der Waals surface area contributed by atoms with Crippen molar-refractivity contribution in [3.05, 3.63) is 0 Å². The standard InChI is InChI=1S/C8H17NO3/c9-7(5-10)6-12-8-1-3-11-4-2-8/h7-8,10H,1-6,9H2. The molecule has 0 saturated carbocycles. The second kappa shape index (κ2) is 5.48. The van der Waals surface area contributed by atoms with Gasteiger partial charge in [0.1, 0.15) is 0 Å². The fourth-order valence-electron chi connectivity index (χ4n) is 1.16. The molecule has 0 aromatic carbocycles.